The Morgan fingerprint density at radius 2 is 1.56 bits per heavy atom. The summed E-state index contributed by atoms with van der Waals surface area (Å²) in [5.41, 5.74) is 0. The first-order valence-corrected chi connectivity index (χ1v) is 5.77. The molecule has 16 heavy (non-hydrogen) atoms. The molecule has 96 valence electrons. The summed E-state index contributed by atoms with van der Waals surface area (Å²) in [5.74, 6) is -1.24. The van der Waals surface area contributed by atoms with Crippen LogP contribution in [0.4, 0.5) is 13.2 Å². The largest absolute Gasteiger partial charge is 0.471 e. The molecule has 0 bridgehead atoms. The smallest absolute Gasteiger partial charge is 0.346 e. The van der Waals surface area contributed by atoms with Gasteiger partial charge in [-0.2, -0.15) is 13.2 Å². The maximum absolute atomic E-state index is 11.9. The summed E-state index contributed by atoms with van der Waals surface area (Å²) in [6.45, 7) is 6.07. The molecule has 0 saturated heterocycles. The van der Waals surface area contributed by atoms with Gasteiger partial charge in [-0.3, -0.25) is 4.79 Å². The lowest BCUT2D eigenvalue weighted by molar-refractivity contribution is -0.174. The van der Waals surface area contributed by atoms with Gasteiger partial charge in [0.15, 0.2) is 0 Å². The topological polar surface area (TPSA) is 29.1 Å². The van der Waals surface area contributed by atoms with E-state index in [0.29, 0.717) is 18.8 Å². The Morgan fingerprint density at radius 3 is 1.94 bits per heavy atom. The van der Waals surface area contributed by atoms with E-state index in [1.54, 1.807) is 0 Å². The summed E-state index contributed by atoms with van der Waals surface area (Å²) < 4.78 is 35.6. The Bertz CT molecular complexity index is 208. The van der Waals surface area contributed by atoms with Crippen molar-refractivity contribution in [3.8, 4) is 0 Å². The first-order valence-electron chi connectivity index (χ1n) is 5.77. The predicted molar refractivity (Wildman–Crippen MR) is 57.0 cm³/mol. The summed E-state index contributed by atoms with van der Waals surface area (Å²) in [5, 5.41) is 2.02. The highest BCUT2D eigenvalue weighted by Gasteiger charge is 2.39. The molecular weight excluding hydrogens is 219 g/mol. The zero-order chi connectivity index (χ0) is 12.8. The van der Waals surface area contributed by atoms with E-state index >= 15 is 0 Å². The van der Waals surface area contributed by atoms with Crippen LogP contribution in [0.3, 0.4) is 0 Å². The van der Waals surface area contributed by atoms with Crippen LogP contribution in [0.5, 0.6) is 0 Å². The molecule has 1 rings (SSSR count). The molecule has 0 radical (unpaired) electrons. The number of carbonyl (C=O) groups excluding carboxylic acids is 1. The molecule has 1 fully saturated rings. The molecule has 1 N–H and O–H groups in total. The van der Waals surface area contributed by atoms with E-state index in [4.69, 9.17) is 0 Å². The van der Waals surface area contributed by atoms with Crippen molar-refractivity contribution in [3.05, 3.63) is 0 Å². The van der Waals surface area contributed by atoms with E-state index in [0.717, 1.165) is 12.8 Å². The number of halogens is 3. The van der Waals surface area contributed by atoms with E-state index in [9.17, 15) is 18.0 Å². The molecule has 1 aliphatic carbocycles. The van der Waals surface area contributed by atoms with Crippen molar-refractivity contribution in [2.24, 2.45) is 5.92 Å². The minimum atomic E-state index is -4.75. The summed E-state index contributed by atoms with van der Waals surface area (Å²) >= 11 is 0. The number of nitrogens with one attached hydrogen (secondary N) is 1. The van der Waals surface area contributed by atoms with Crippen molar-refractivity contribution in [2.75, 3.05) is 0 Å². The van der Waals surface area contributed by atoms with E-state index < -0.39 is 12.1 Å². The molecule has 0 aliphatic heterocycles. The van der Waals surface area contributed by atoms with Gasteiger partial charge in [0.25, 0.3) is 0 Å². The lowest BCUT2D eigenvalue weighted by Gasteiger charge is -2.27. The number of alkyl halides is 3. The van der Waals surface area contributed by atoms with Gasteiger partial charge < -0.3 is 5.32 Å². The van der Waals surface area contributed by atoms with Crippen molar-refractivity contribution >= 4 is 5.91 Å². The second-order valence-electron chi connectivity index (χ2n) is 3.93. The van der Waals surface area contributed by atoms with Crippen molar-refractivity contribution < 1.29 is 18.0 Å². The number of hydrogen-bond acceptors (Lipinski definition) is 1. The number of carbonyl (C=O) groups is 1. The van der Waals surface area contributed by atoms with Gasteiger partial charge in [0.1, 0.15) is 0 Å². The Kier molecular flexibility index (Phi) is 6.45. The lowest BCUT2D eigenvalue weighted by Crippen LogP contribution is -2.44. The van der Waals surface area contributed by atoms with Crippen molar-refractivity contribution in [2.45, 2.75) is 58.7 Å². The first-order chi connectivity index (χ1) is 7.39. The van der Waals surface area contributed by atoms with Crippen LogP contribution >= 0.6 is 0 Å². The quantitative estimate of drug-likeness (QED) is 0.747. The lowest BCUT2D eigenvalue weighted by atomic mass is 9.87. The summed E-state index contributed by atoms with van der Waals surface area (Å²) in [6, 6.07) is -0.291. The number of amides is 1. The molecule has 0 aromatic heterocycles. The van der Waals surface area contributed by atoms with Crippen molar-refractivity contribution in [1.82, 2.24) is 5.32 Å². The zero-order valence-corrected chi connectivity index (χ0v) is 10.0. The predicted octanol–water partition coefficient (Wildman–Crippen LogP) is 3.27. The molecule has 0 aromatic rings. The Hall–Kier alpha value is -0.740. The van der Waals surface area contributed by atoms with Crippen molar-refractivity contribution in [1.29, 1.82) is 0 Å². The zero-order valence-electron chi connectivity index (χ0n) is 10.0. The van der Waals surface area contributed by atoms with E-state index in [1.807, 2.05) is 19.2 Å². The van der Waals surface area contributed by atoms with Gasteiger partial charge in [-0.15, -0.1) is 0 Å². The normalized spacial score (nSPS) is 25.4. The summed E-state index contributed by atoms with van der Waals surface area (Å²) in [7, 11) is 0. The third kappa shape index (κ3) is 5.37. The molecule has 0 spiro atoms. The number of hydrogen-bond donors (Lipinski definition) is 1. The number of rotatable bonds is 1. The van der Waals surface area contributed by atoms with Crippen molar-refractivity contribution in [3.63, 3.8) is 0 Å². The van der Waals surface area contributed by atoms with Crippen LogP contribution in [0.25, 0.3) is 0 Å². The average molecular weight is 239 g/mol. The van der Waals surface area contributed by atoms with Gasteiger partial charge in [-0.25, -0.2) is 0 Å². The van der Waals surface area contributed by atoms with Gasteiger partial charge in [-0.1, -0.05) is 20.8 Å². The highest BCUT2D eigenvalue weighted by Crippen LogP contribution is 2.24. The third-order valence-electron chi connectivity index (χ3n) is 2.61. The van der Waals surface area contributed by atoms with Crippen LogP contribution in [-0.4, -0.2) is 18.1 Å². The van der Waals surface area contributed by atoms with Gasteiger partial charge in [0.05, 0.1) is 0 Å². The molecule has 1 saturated carbocycles. The van der Waals surface area contributed by atoms with E-state index in [2.05, 4.69) is 6.92 Å². The molecule has 2 nitrogen and oxygen atoms in total. The standard InChI is InChI=1S/C9H14F3NO.C2H6/c1-6-2-4-7(5-3-6)13-8(14)9(10,11)12;1-2/h6-7H,2-5H2,1H3,(H,13,14);1-2H3. The van der Waals surface area contributed by atoms with E-state index in [1.165, 1.54) is 0 Å². The maximum Gasteiger partial charge on any atom is 0.471 e. The van der Waals surface area contributed by atoms with E-state index in [-0.39, 0.29) is 6.04 Å². The third-order valence-corrected chi connectivity index (χ3v) is 2.61. The van der Waals surface area contributed by atoms with Gasteiger partial charge in [-0.05, 0) is 31.6 Å². The second kappa shape index (κ2) is 6.76. The Balaban J connectivity index is 0.00000106. The highest BCUT2D eigenvalue weighted by atomic mass is 19.4. The Morgan fingerprint density at radius 1 is 1.12 bits per heavy atom. The van der Waals surface area contributed by atoms with Crippen LogP contribution in [0.2, 0.25) is 0 Å². The molecule has 0 unspecified atom stereocenters. The molecule has 5 heteroatoms. The van der Waals surface area contributed by atoms with Gasteiger partial charge in [0.2, 0.25) is 0 Å². The molecule has 1 amide bonds. The Labute approximate surface area is 94.6 Å². The SMILES string of the molecule is CC.CC1CCC(NC(=O)C(F)(F)F)CC1. The van der Waals surface area contributed by atoms with Crippen LogP contribution in [0.15, 0.2) is 0 Å². The first kappa shape index (κ1) is 15.3. The van der Waals surface area contributed by atoms with Crippen LogP contribution in [-0.2, 0) is 4.79 Å². The highest BCUT2D eigenvalue weighted by molar-refractivity contribution is 5.81. The fourth-order valence-corrected chi connectivity index (χ4v) is 1.67. The fraction of sp³-hybridized carbons (Fsp3) is 0.909. The minimum Gasteiger partial charge on any atom is -0.346 e. The molecule has 1 aliphatic rings. The average Bonchev–Trinajstić information content (AvgIpc) is 2.23. The fourth-order valence-electron chi connectivity index (χ4n) is 1.67. The van der Waals surface area contributed by atoms with Gasteiger partial charge >= 0.3 is 12.1 Å². The van der Waals surface area contributed by atoms with Gasteiger partial charge in [0, 0.05) is 6.04 Å². The summed E-state index contributed by atoms with van der Waals surface area (Å²) in [4.78, 5) is 10.6. The molecule has 0 heterocycles. The minimum absolute atomic E-state index is 0.291. The molecular formula is C11H20F3NO. The monoisotopic (exact) mass is 239 g/mol. The summed E-state index contributed by atoms with van der Waals surface area (Å²) in [6.07, 6.45) is -1.65. The van der Waals surface area contributed by atoms with Crippen LogP contribution in [0.1, 0.15) is 46.5 Å². The van der Waals surface area contributed by atoms with Crippen LogP contribution < -0.4 is 5.32 Å². The molecule has 0 atom stereocenters. The van der Waals surface area contributed by atoms with Crippen LogP contribution in [0, 0.1) is 5.92 Å². The second-order valence-corrected chi connectivity index (χ2v) is 3.93. The molecule has 0 aromatic carbocycles. The maximum atomic E-state index is 11.9.